The molecule has 2 aromatic heterocycles. The van der Waals surface area contributed by atoms with Crippen molar-refractivity contribution in [3.8, 4) is 0 Å². The van der Waals surface area contributed by atoms with Gasteiger partial charge in [-0.15, -0.1) is 0 Å². The third-order valence-corrected chi connectivity index (χ3v) is 22.4. The molecule has 3 rings (SSSR count). The van der Waals surface area contributed by atoms with Gasteiger partial charge in [-0.25, -0.2) is 0 Å². The molecule has 0 aliphatic carbocycles. The van der Waals surface area contributed by atoms with Crippen molar-refractivity contribution >= 4 is 48.9 Å². The van der Waals surface area contributed by atoms with Crippen molar-refractivity contribution in [2.75, 3.05) is 0 Å². The average molecular weight is 471 g/mol. The molecule has 0 unspecified atom stereocenters. The zero-order chi connectivity index (χ0) is 24.2. The van der Waals surface area contributed by atoms with E-state index in [1.54, 1.807) is 0 Å². The highest BCUT2D eigenvalue weighted by Gasteiger charge is 2.48. The molecule has 0 spiro atoms. The van der Waals surface area contributed by atoms with Crippen molar-refractivity contribution in [3.05, 3.63) is 24.3 Å². The van der Waals surface area contributed by atoms with E-state index in [-0.39, 0.29) is 0 Å². The molecular formula is C28H46O2Si2. The Bertz CT molecular complexity index is 890. The third-order valence-electron chi connectivity index (χ3n) is 8.74. The summed E-state index contributed by atoms with van der Waals surface area (Å²) in [6.07, 6.45) is 0. The molecule has 3 aromatic rings. The Morgan fingerprint density at radius 3 is 0.906 bits per heavy atom. The smallest absolute Gasteiger partial charge is 0.140 e. The van der Waals surface area contributed by atoms with Crippen LogP contribution in [-0.4, -0.2) is 16.1 Å². The highest BCUT2D eigenvalue weighted by molar-refractivity contribution is 6.94. The number of fused-ring (bicyclic) bond motifs is 2. The molecule has 0 aliphatic rings. The number of benzene rings is 1. The molecule has 32 heavy (non-hydrogen) atoms. The molecule has 1 aromatic carbocycles. The number of furan rings is 2. The first kappa shape index (κ1) is 25.4. The lowest BCUT2D eigenvalue weighted by Gasteiger charge is -2.41. The second-order valence-electron chi connectivity index (χ2n) is 11.9. The first-order valence-corrected chi connectivity index (χ1v) is 17.3. The van der Waals surface area contributed by atoms with Crippen molar-refractivity contribution in [1.29, 1.82) is 0 Å². The van der Waals surface area contributed by atoms with Crippen LogP contribution in [0.2, 0.25) is 33.2 Å². The summed E-state index contributed by atoms with van der Waals surface area (Å²) in [7, 11) is -3.64. The van der Waals surface area contributed by atoms with Gasteiger partial charge in [0, 0.05) is 10.8 Å². The quantitative estimate of drug-likeness (QED) is 0.307. The van der Waals surface area contributed by atoms with Crippen molar-refractivity contribution in [3.63, 3.8) is 0 Å². The van der Waals surface area contributed by atoms with Crippen LogP contribution in [0.15, 0.2) is 33.1 Å². The lowest BCUT2D eigenvalue weighted by Crippen LogP contribution is -2.55. The minimum absolute atomic E-state index is 0.632. The van der Waals surface area contributed by atoms with E-state index in [0.717, 1.165) is 11.2 Å². The average Bonchev–Trinajstić information content (AvgIpc) is 3.21. The largest absolute Gasteiger partial charge is 0.466 e. The number of hydrogen-bond acceptors (Lipinski definition) is 2. The predicted molar refractivity (Wildman–Crippen MR) is 147 cm³/mol. The van der Waals surface area contributed by atoms with Gasteiger partial charge in [0.2, 0.25) is 0 Å². The molecule has 0 saturated heterocycles. The van der Waals surface area contributed by atoms with Gasteiger partial charge in [0.1, 0.15) is 27.3 Å². The molecule has 4 heteroatoms. The van der Waals surface area contributed by atoms with E-state index in [1.807, 2.05) is 0 Å². The Hall–Kier alpha value is -1.27. The van der Waals surface area contributed by atoms with E-state index in [4.69, 9.17) is 8.83 Å². The molecule has 0 amide bonds. The van der Waals surface area contributed by atoms with Gasteiger partial charge >= 0.3 is 0 Å². The van der Waals surface area contributed by atoms with Crippen molar-refractivity contribution in [2.45, 2.75) is 116 Å². The molecular weight excluding hydrogens is 424 g/mol. The van der Waals surface area contributed by atoms with Gasteiger partial charge in [0.05, 0.1) is 10.8 Å². The summed E-state index contributed by atoms with van der Waals surface area (Å²) in [5.74, 6) is 0. The predicted octanol–water partition coefficient (Wildman–Crippen LogP) is 8.95. The Kier molecular flexibility index (Phi) is 7.00. The maximum absolute atomic E-state index is 6.69. The van der Waals surface area contributed by atoms with Gasteiger partial charge in [-0.05, 0) is 57.5 Å². The second kappa shape index (κ2) is 8.83. The molecule has 0 atom stereocenters. The second-order valence-corrected chi connectivity index (χ2v) is 23.6. The van der Waals surface area contributed by atoms with Gasteiger partial charge in [-0.2, -0.15) is 0 Å². The van der Waals surface area contributed by atoms with E-state index in [0.29, 0.717) is 33.2 Å². The molecule has 0 saturated carbocycles. The fraction of sp³-hybridized carbons (Fsp3) is 0.643. The van der Waals surface area contributed by atoms with E-state index >= 15 is 0 Å². The molecule has 0 bridgehead atoms. The van der Waals surface area contributed by atoms with Gasteiger partial charge in [-0.1, -0.05) is 83.1 Å². The zero-order valence-corrected chi connectivity index (χ0v) is 24.6. The highest BCUT2D eigenvalue weighted by Crippen LogP contribution is 2.44. The summed E-state index contributed by atoms with van der Waals surface area (Å²) < 4.78 is 13.4. The summed E-state index contributed by atoms with van der Waals surface area (Å²) in [4.78, 5) is 0. The lowest BCUT2D eigenvalue weighted by atomic mass is 10.2. The minimum Gasteiger partial charge on any atom is -0.466 e. The maximum Gasteiger partial charge on any atom is 0.140 e. The maximum atomic E-state index is 6.69. The molecule has 0 N–H and O–H groups in total. The van der Waals surface area contributed by atoms with Crippen LogP contribution in [0.1, 0.15) is 83.1 Å². The summed E-state index contributed by atoms with van der Waals surface area (Å²) in [6.45, 7) is 28.7. The van der Waals surface area contributed by atoms with Crippen molar-refractivity contribution < 1.29 is 8.83 Å². The summed E-state index contributed by atoms with van der Waals surface area (Å²) >= 11 is 0. The Balaban J connectivity index is 2.22. The first-order valence-electron chi connectivity index (χ1n) is 12.8. The normalized spacial score (nSPS) is 14.1. The molecule has 0 fully saturated rings. The van der Waals surface area contributed by atoms with Gasteiger partial charge in [-0.3, -0.25) is 0 Å². The highest BCUT2D eigenvalue weighted by atomic mass is 28.3. The first-order chi connectivity index (χ1) is 14.8. The number of rotatable bonds is 8. The summed E-state index contributed by atoms with van der Waals surface area (Å²) in [6, 6.07) is 9.17. The van der Waals surface area contributed by atoms with Crippen LogP contribution >= 0.6 is 0 Å². The molecule has 2 heterocycles. The fourth-order valence-electron chi connectivity index (χ4n) is 7.71. The molecule has 0 radical (unpaired) electrons. The Morgan fingerprint density at radius 2 is 0.688 bits per heavy atom. The van der Waals surface area contributed by atoms with Crippen LogP contribution < -0.4 is 10.8 Å². The van der Waals surface area contributed by atoms with Crippen LogP contribution in [0.25, 0.3) is 21.9 Å². The van der Waals surface area contributed by atoms with Crippen molar-refractivity contribution in [2.24, 2.45) is 0 Å². The lowest BCUT2D eigenvalue weighted by molar-refractivity contribution is 0.630. The summed E-state index contributed by atoms with van der Waals surface area (Å²) in [5.41, 5.74) is 5.83. The molecule has 0 aliphatic heterocycles. The van der Waals surface area contributed by atoms with E-state index in [1.165, 1.54) is 21.5 Å². The zero-order valence-electron chi connectivity index (χ0n) is 22.6. The van der Waals surface area contributed by atoms with Crippen LogP contribution in [0.4, 0.5) is 0 Å². The van der Waals surface area contributed by atoms with E-state index in [9.17, 15) is 0 Å². The van der Waals surface area contributed by atoms with E-state index < -0.39 is 16.1 Å². The fourth-order valence-corrected chi connectivity index (χ4v) is 20.5. The van der Waals surface area contributed by atoms with Gasteiger partial charge in [0.25, 0.3) is 0 Å². The minimum atomic E-state index is -1.82. The standard InChI is InChI=1S/C28H46O2Si2/c1-17(2)31(18(3)4,19(5)6)27-15-23-13-26-24(14-25(23)29-27)16-28(30-26)32(20(7)8,21(9)10)22(11)12/h13-22H,1-12H3. The number of hydrogen-bond donors (Lipinski definition) is 0. The SMILES string of the molecule is CC(C)[Si](c1cc2cc3oc([Si](C(C)C)(C(C)C)C(C)C)cc3cc2o1)(C(C)C)C(C)C. The molecule has 2 nitrogen and oxygen atoms in total. The van der Waals surface area contributed by atoms with Gasteiger partial charge < -0.3 is 8.83 Å². The summed E-state index contributed by atoms with van der Waals surface area (Å²) in [5, 5.41) is 4.91. The topological polar surface area (TPSA) is 26.3 Å². The van der Waals surface area contributed by atoms with Gasteiger partial charge in [0.15, 0.2) is 0 Å². The van der Waals surface area contributed by atoms with Crippen molar-refractivity contribution in [1.82, 2.24) is 0 Å². The van der Waals surface area contributed by atoms with Crippen LogP contribution in [0.3, 0.4) is 0 Å². The van der Waals surface area contributed by atoms with E-state index in [2.05, 4.69) is 107 Å². The Morgan fingerprint density at radius 1 is 0.438 bits per heavy atom. The third kappa shape index (κ3) is 3.57. The molecule has 178 valence electrons. The van der Waals surface area contributed by atoms with Crippen LogP contribution in [0, 0.1) is 0 Å². The monoisotopic (exact) mass is 470 g/mol. The van der Waals surface area contributed by atoms with Crippen LogP contribution in [0.5, 0.6) is 0 Å². The Labute approximate surface area is 198 Å². The van der Waals surface area contributed by atoms with Crippen LogP contribution in [-0.2, 0) is 0 Å².